The van der Waals surface area contributed by atoms with Gasteiger partial charge in [-0.05, 0) is 31.9 Å². The van der Waals surface area contributed by atoms with Crippen LogP contribution in [0.3, 0.4) is 0 Å². The standard InChI is InChI=1S/C17H32N6O2S/c1-3-10-23(11-4-2)26(24,25)20-9-6-12-21-13-15-22(16-14-21)17-18-7-5-8-19-17/h5,7-8,20H,3-4,6,9-16H2,1-2H3. The van der Waals surface area contributed by atoms with Crippen molar-refractivity contribution in [1.82, 2.24) is 23.9 Å². The van der Waals surface area contributed by atoms with Gasteiger partial charge in [0, 0.05) is 58.2 Å². The molecule has 1 fully saturated rings. The van der Waals surface area contributed by atoms with E-state index in [0.29, 0.717) is 19.6 Å². The Balaban J connectivity index is 1.67. The number of hydrogen-bond acceptors (Lipinski definition) is 6. The van der Waals surface area contributed by atoms with Crippen LogP contribution in [0.4, 0.5) is 5.95 Å². The van der Waals surface area contributed by atoms with Gasteiger partial charge < -0.3 is 4.90 Å². The van der Waals surface area contributed by atoms with E-state index in [1.807, 2.05) is 19.9 Å². The summed E-state index contributed by atoms with van der Waals surface area (Å²) in [5.41, 5.74) is 0. The number of aromatic nitrogens is 2. The summed E-state index contributed by atoms with van der Waals surface area (Å²) in [7, 11) is -3.35. The molecule has 0 unspecified atom stereocenters. The summed E-state index contributed by atoms with van der Waals surface area (Å²) in [6, 6.07) is 1.82. The molecule has 26 heavy (non-hydrogen) atoms. The highest BCUT2D eigenvalue weighted by Crippen LogP contribution is 2.09. The second-order valence-electron chi connectivity index (χ2n) is 6.53. The molecule has 0 bridgehead atoms. The highest BCUT2D eigenvalue weighted by atomic mass is 32.2. The van der Waals surface area contributed by atoms with Crippen molar-refractivity contribution in [2.24, 2.45) is 0 Å². The second kappa shape index (κ2) is 10.8. The highest BCUT2D eigenvalue weighted by Gasteiger charge is 2.21. The largest absolute Gasteiger partial charge is 0.338 e. The van der Waals surface area contributed by atoms with Crippen molar-refractivity contribution in [3.63, 3.8) is 0 Å². The normalized spacial score (nSPS) is 16.3. The first-order chi connectivity index (χ1) is 12.6. The average molecular weight is 385 g/mol. The van der Waals surface area contributed by atoms with E-state index in [9.17, 15) is 8.42 Å². The maximum atomic E-state index is 12.3. The van der Waals surface area contributed by atoms with E-state index in [1.165, 1.54) is 0 Å². The summed E-state index contributed by atoms with van der Waals surface area (Å²) < 4.78 is 29.0. The Morgan fingerprint density at radius 2 is 1.69 bits per heavy atom. The Bertz CT molecular complexity index is 599. The van der Waals surface area contributed by atoms with E-state index < -0.39 is 10.2 Å². The van der Waals surface area contributed by atoms with Crippen molar-refractivity contribution in [2.75, 3.05) is 57.3 Å². The molecule has 0 saturated carbocycles. The van der Waals surface area contributed by atoms with Crippen molar-refractivity contribution in [2.45, 2.75) is 33.1 Å². The molecule has 1 aromatic heterocycles. The van der Waals surface area contributed by atoms with Crippen LogP contribution in [0.1, 0.15) is 33.1 Å². The maximum Gasteiger partial charge on any atom is 0.279 e. The van der Waals surface area contributed by atoms with E-state index in [2.05, 4.69) is 24.5 Å². The van der Waals surface area contributed by atoms with Crippen LogP contribution in [0.2, 0.25) is 0 Å². The molecule has 1 aliphatic heterocycles. The molecule has 9 heteroatoms. The molecule has 0 atom stereocenters. The molecule has 1 aliphatic rings. The van der Waals surface area contributed by atoms with Crippen LogP contribution in [0.15, 0.2) is 18.5 Å². The molecular weight excluding hydrogens is 352 g/mol. The molecule has 2 rings (SSSR count). The Labute approximate surface area is 157 Å². The second-order valence-corrected chi connectivity index (χ2v) is 8.28. The van der Waals surface area contributed by atoms with Crippen LogP contribution in [-0.4, -0.2) is 79.9 Å². The van der Waals surface area contributed by atoms with Gasteiger partial charge in [-0.1, -0.05) is 13.8 Å². The van der Waals surface area contributed by atoms with Crippen LogP contribution in [0, 0.1) is 0 Å². The molecule has 8 nitrogen and oxygen atoms in total. The summed E-state index contributed by atoms with van der Waals surface area (Å²) >= 11 is 0. The summed E-state index contributed by atoms with van der Waals surface area (Å²) in [5.74, 6) is 0.784. The van der Waals surface area contributed by atoms with Gasteiger partial charge >= 0.3 is 0 Å². The van der Waals surface area contributed by atoms with E-state index in [1.54, 1.807) is 16.7 Å². The minimum Gasteiger partial charge on any atom is -0.338 e. The Morgan fingerprint density at radius 1 is 1.08 bits per heavy atom. The number of nitrogens with one attached hydrogen (secondary N) is 1. The highest BCUT2D eigenvalue weighted by molar-refractivity contribution is 7.87. The topological polar surface area (TPSA) is 81.7 Å². The van der Waals surface area contributed by atoms with Gasteiger partial charge in [0.25, 0.3) is 10.2 Å². The third-order valence-corrected chi connectivity index (χ3v) is 6.04. The van der Waals surface area contributed by atoms with Crippen LogP contribution < -0.4 is 9.62 Å². The monoisotopic (exact) mass is 384 g/mol. The van der Waals surface area contributed by atoms with Gasteiger partial charge in [0.1, 0.15) is 0 Å². The molecule has 0 aliphatic carbocycles. The van der Waals surface area contributed by atoms with E-state index >= 15 is 0 Å². The molecule has 2 heterocycles. The number of anilines is 1. The smallest absolute Gasteiger partial charge is 0.279 e. The lowest BCUT2D eigenvalue weighted by atomic mass is 10.3. The van der Waals surface area contributed by atoms with Crippen molar-refractivity contribution in [3.05, 3.63) is 18.5 Å². The predicted molar refractivity (Wildman–Crippen MR) is 104 cm³/mol. The summed E-state index contributed by atoms with van der Waals surface area (Å²) in [5, 5.41) is 0. The number of rotatable bonds is 11. The van der Waals surface area contributed by atoms with Gasteiger partial charge in [-0.25, -0.2) is 14.7 Å². The lowest BCUT2D eigenvalue weighted by Crippen LogP contribution is -2.48. The average Bonchev–Trinajstić information content (AvgIpc) is 2.66. The van der Waals surface area contributed by atoms with Crippen molar-refractivity contribution in [1.29, 1.82) is 0 Å². The first kappa shape index (κ1) is 21.0. The maximum absolute atomic E-state index is 12.3. The predicted octanol–water partition coefficient (Wildman–Crippen LogP) is 0.945. The lowest BCUT2D eigenvalue weighted by Gasteiger charge is -2.34. The zero-order chi connectivity index (χ0) is 18.8. The molecule has 1 N–H and O–H groups in total. The summed E-state index contributed by atoms with van der Waals surface area (Å²) in [6.45, 7) is 10.2. The Kier molecular flexibility index (Phi) is 8.70. The zero-order valence-corrected chi connectivity index (χ0v) is 16.8. The zero-order valence-electron chi connectivity index (χ0n) is 16.0. The van der Waals surface area contributed by atoms with E-state index in [0.717, 1.165) is 57.9 Å². The molecule has 148 valence electrons. The molecule has 0 amide bonds. The number of nitrogens with zero attached hydrogens (tertiary/aromatic N) is 5. The quantitative estimate of drug-likeness (QED) is 0.572. The van der Waals surface area contributed by atoms with Crippen molar-refractivity contribution in [3.8, 4) is 0 Å². The first-order valence-corrected chi connectivity index (χ1v) is 11.0. The fourth-order valence-corrected chi connectivity index (χ4v) is 4.50. The van der Waals surface area contributed by atoms with Gasteiger partial charge in [-0.15, -0.1) is 0 Å². The molecule has 0 radical (unpaired) electrons. The Morgan fingerprint density at radius 3 is 2.27 bits per heavy atom. The van der Waals surface area contributed by atoms with E-state index in [-0.39, 0.29) is 0 Å². The fourth-order valence-electron chi connectivity index (χ4n) is 3.07. The van der Waals surface area contributed by atoms with Crippen LogP contribution in [0.25, 0.3) is 0 Å². The number of hydrogen-bond donors (Lipinski definition) is 1. The summed E-state index contributed by atoms with van der Waals surface area (Å²) in [6.07, 6.45) is 6.00. The van der Waals surface area contributed by atoms with Gasteiger partial charge in [0.15, 0.2) is 0 Å². The molecular formula is C17H32N6O2S. The van der Waals surface area contributed by atoms with Crippen LogP contribution in [0.5, 0.6) is 0 Å². The van der Waals surface area contributed by atoms with E-state index in [4.69, 9.17) is 0 Å². The first-order valence-electron chi connectivity index (χ1n) is 9.56. The van der Waals surface area contributed by atoms with Crippen molar-refractivity contribution >= 4 is 16.2 Å². The molecule has 1 aromatic rings. The fraction of sp³-hybridized carbons (Fsp3) is 0.765. The Hall–Kier alpha value is -1.29. The van der Waals surface area contributed by atoms with Crippen molar-refractivity contribution < 1.29 is 8.42 Å². The molecule has 0 spiro atoms. The summed E-state index contributed by atoms with van der Waals surface area (Å²) in [4.78, 5) is 13.1. The minimum absolute atomic E-state index is 0.480. The van der Waals surface area contributed by atoms with Crippen LogP contribution >= 0.6 is 0 Å². The SMILES string of the molecule is CCCN(CCC)S(=O)(=O)NCCCN1CCN(c2ncccn2)CC1. The third-order valence-electron chi connectivity index (χ3n) is 4.43. The van der Waals surface area contributed by atoms with Gasteiger partial charge in [-0.3, -0.25) is 4.90 Å². The van der Waals surface area contributed by atoms with Crippen LogP contribution in [-0.2, 0) is 10.2 Å². The van der Waals surface area contributed by atoms with Gasteiger partial charge in [0.2, 0.25) is 5.95 Å². The van der Waals surface area contributed by atoms with Gasteiger partial charge in [-0.2, -0.15) is 12.7 Å². The third kappa shape index (κ3) is 6.46. The lowest BCUT2D eigenvalue weighted by molar-refractivity contribution is 0.254. The van der Waals surface area contributed by atoms with Gasteiger partial charge in [0.05, 0.1) is 0 Å². The minimum atomic E-state index is -3.35. The number of piperazine rings is 1. The molecule has 1 saturated heterocycles. The molecule has 0 aromatic carbocycles.